The first-order chi connectivity index (χ1) is 8.31. The number of aliphatic carboxylic acids is 1. The molecular formula is C12H15FN2O3. The molecule has 0 saturated carbocycles. The third kappa shape index (κ3) is 2.58. The summed E-state index contributed by atoms with van der Waals surface area (Å²) in [6.07, 6.45) is 0.261. The number of carbonyl (C=O) groups excluding carboxylic acids is 1. The summed E-state index contributed by atoms with van der Waals surface area (Å²) in [7, 11) is 0. The zero-order valence-corrected chi connectivity index (χ0v) is 10.2. The fourth-order valence-corrected chi connectivity index (χ4v) is 1.47. The smallest absolute Gasteiger partial charge is 0.329 e. The maximum atomic E-state index is 13.5. The molecule has 0 fully saturated rings. The summed E-state index contributed by atoms with van der Waals surface area (Å²) < 4.78 is 13.5. The van der Waals surface area contributed by atoms with Crippen molar-refractivity contribution >= 4 is 17.6 Å². The first-order valence-corrected chi connectivity index (χ1v) is 5.41. The lowest BCUT2D eigenvalue weighted by atomic mass is 9.97. The molecule has 4 N–H and O–H groups in total. The van der Waals surface area contributed by atoms with Crippen molar-refractivity contribution in [2.45, 2.75) is 25.8 Å². The van der Waals surface area contributed by atoms with E-state index in [1.54, 1.807) is 6.92 Å². The Labute approximate surface area is 104 Å². The van der Waals surface area contributed by atoms with Gasteiger partial charge in [0.25, 0.3) is 5.91 Å². The molecular weight excluding hydrogens is 239 g/mol. The van der Waals surface area contributed by atoms with E-state index in [9.17, 15) is 14.0 Å². The number of hydrogen-bond acceptors (Lipinski definition) is 3. The van der Waals surface area contributed by atoms with Gasteiger partial charge in [0, 0.05) is 0 Å². The predicted molar refractivity (Wildman–Crippen MR) is 64.9 cm³/mol. The van der Waals surface area contributed by atoms with Crippen LogP contribution >= 0.6 is 0 Å². The van der Waals surface area contributed by atoms with Crippen molar-refractivity contribution in [2.24, 2.45) is 5.73 Å². The molecule has 5 nitrogen and oxygen atoms in total. The van der Waals surface area contributed by atoms with Crippen LogP contribution in [0.3, 0.4) is 0 Å². The Kier molecular flexibility index (Phi) is 3.90. The van der Waals surface area contributed by atoms with Gasteiger partial charge in [0.05, 0.1) is 11.3 Å². The molecule has 0 aliphatic heterocycles. The molecule has 1 aromatic carbocycles. The fourth-order valence-electron chi connectivity index (χ4n) is 1.47. The van der Waals surface area contributed by atoms with Crippen LogP contribution in [0.2, 0.25) is 0 Å². The van der Waals surface area contributed by atoms with Gasteiger partial charge in [0.2, 0.25) is 0 Å². The summed E-state index contributed by atoms with van der Waals surface area (Å²) in [5.41, 5.74) is 3.54. The number of primary amides is 1. The Balaban J connectivity index is 3.23. The Morgan fingerprint density at radius 1 is 1.50 bits per heavy atom. The summed E-state index contributed by atoms with van der Waals surface area (Å²) in [5, 5.41) is 11.8. The number of rotatable bonds is 5. The molecule has 0 radical (unpaired) electrons. The maximum Gasteiger partial charge on any atom is 0.329 e. The molecule has 1 rings (SSSR count). The summed E-state index contributed by atoms with van der Waals surface area (Å²) in [5.74, 6) is -2.82. The Hall–Kier alpha value is -2.11. The molecule has 18 heavy (non-hydrogen) atoms. The zero-order chi connectivity index (χ0) is 13.9. The van der Waals surface area contributed by atoms with Crippen LogP contribution in [0.25, 0.3) is 0 Å². The summed E-state index contributed by atoms with van der Waals surface area (Å²) in [4.78, 5) is 22.3. The van der Waals surface area contributed by atoms with Crippen molar-refractivity contribution in [1.82, 2.24) is 0 Å². The van der Waals surface area contributed by atoms with Crippen molar-refractivity contribution in [2.75, 3.05) is 5.32 Å². The molecule has 0 aliphatic rings. The molecule has 0 heterocycles. The second-order valence-corrected chi connectivity index (χ2v) is 4.14. The molecule has 0 aromatic heterocycles. The normalized spacial score (nSPS) is 13.7. The number of carbonyl (C=O) groups is 2. The number of halogens is 1. The fraction of sp³-hybridized carbons (Fsp3) is 0.333. The molecule has 0 saturated heterocycles. The third-order valence-corrected chi connectivity index (χ3v) is 2.85. The SMILES string of the molecule is CCC(C)(Nc1cccc(F)c1C(N)=O)C(=O)O. The Bertz CT molecular complexity index is 490. The average Bonchev–Trinajstić information content (AvgIpc) is 2.28. The first kappa shape index (κ1) is 14.0. The molecule has 0 spiro atoms. The Morgan fingerprint density at radius 3 is 2.56 bits per heavy atom. The van der Waals surface area contributed by atoms with E-state index in [2.05, 4.69) is 5.32 Å². The van der Waals surface area contributed by atoms with Crippen LogP contribution in [0.5, 0.6) is 0 Å². The van der Waals surface area contributed by atoms with E-state index >= 15 is 0 Å². The van der Waals surface area contributed by atoms with Gasteiger partial charge < -0.3 is 16.2 Å². The number of benzene rings is 1. The van der Waals surface area contributed by atoms with E-state index in [0.29, 0.717) is 0 Å². The van der Waals surface area contributed by atoms with Crippen molar-refractivity contribution in [3.05, 3.63) is 29.6 Å². The first-order valence-electron chi connectivity index (χ1n) is 5.41. The van der Waals surface area contributed by atoms with E-state index in [1.165, 1.54) is 19.1 Å². The van der Waals surface area contributed by atoms with Crippen molar-refractivity contribution in [3.8, 4) is 0 Å². The highest BCUT2D eigenvalue weighted by atomic mass is 19.1. The minimum absolute atomic E-state index is 0.0780. The van der Waals surface area contributed by atoms with Crippen molar-refractivity contribution in [1.29, 1.82) is 0 Å². The molecule has 1 atom stereocenters. The molecule has 0 bridgehead atoms. The van der Waals surface area contributed by atoms with Crippen molar-refractivity contribution < 1.29 is 19.1 Å². The van der Waals surface area contributed by atoms with E-state index in [0.717, 1.165) is 6.07 Å². The second-order valence-electron chi connectivity index (χ2n) is 4.14. The van der Waals surface area contributed by atoms with E-state index in [1.807, 2.05) is 0 Å². The second kappa shape index (κ2) is 5.03. The zero-order valence-electron chi connectivity index (χ0n) is 10.2. The van der Waals surface area contributed by atoms with Gasteiger partial charge in [0.1, 0.15) is 11.4 Å². The monoisotopic (exact) mass is 254 g/mol. The van der Waals surface area contributed by atoms with Crippen LogP contribution < -0.4 is 11.1 Å². The topological polar surface area (TPSA) is 92.4 Å². The van der Waals surface area contributed by atoms with Gasteiger partial charge in [-0.05, 0) is 25.5 Å². The lowest BCUT2D eigenvalue weighted by Crippen LogP contribution is -2.43. The molecule has 6 heteroatoms. The highest BCUT2D eigenvalue weighted by Gasteiger charge is 2.32. The standard InChI is InChI=1S/C12H15FN2O3/c1-3-12(2,11(17)18)15-8-6-4-5-7(13)9(8)10(14)16/h4-6,15H,3H2,1-2H3,(H2,14,16)(H,17,18). The number of nitrogens with one attached hydrogen (secondary N) is 1. The number of carboxylic acid groups (broad SMARTS) is 1. The van der Waals surface area contributed by atoms with Gasteiger partial charge in [-0.15, -0.1) is 0 Å². The summed E-state index contributed by atoms with van der Waals surface area (Å²) in [6.45, 7) is 3.12. The van der Waals surface area contributed by atoms with E-state index in [-0.39, 0.29) is 17.7 Å². The third-order valence-electron chi connectivity index (χ3n) is 2.85. The van der Waals surface area contributed by atoms with Crippen LogP contribution in [-0.2, 0) is 4.79 Å². The molecule has 1 aromatic rings. The number of carboxylic acids is 1. The minimum Gasteiger partial charge on any atom is -0.480 e. The van der Waals surface area contributed by atoms with Gasteiger partial charge in [-0.1, -0.05) is 13.0 Å². The Morgan fingerprint density at radius 2 is 2.11 bits per heavy atom. The van der Waals surface area contributed by atoms with Crippen LogP contribution in [0, 0.1) is 5.82 Å². The van der Waals surface area contributed by atoms with Crippen LogP contribution in [0.15, 0.2) is 18.2 Å². The lowest BCUT2D eigenvalue weighted by molar-refractivity contribution is -0.141. The highest BCUT2D eigenvalue weighted by Crippen LogP contribution is 2.24. The van der Waals surface area contributed by atoms with Gasteiger partial charge in [-0.25, -0.2) is 9.18 Å². The molecule has 98 valence electrons. The quantitative estimate of drug-likeness (QED) is 0.744. The van der Waals surface area contributed by atoms with E-state index < -0.39 is 23.2 Å². The number of hydrogen-bond donors (Lipinski definition) is 3. The van der Waals surface area contributed by atoms with E-state index in [4.69, 9.17) is 10.8 Å². The summed E-state index contributed by atoms with van der Waals surface area (Å²) in [6, 6.07) is 3.89. The van der Waals surface area contributed by atoms with Gasteiger partial charge in [-0.3, -0.25) is 4.79 Å². The molecule has 1 unspecified atom stereocenters. The largest absolute Gasteiger partial charge is 0.480 e. The summed E-state index contributed by atoms with van der Waals surface area (Å²) >= 11 is 0. The van der Waals surface area contributed by atoms with Gasteiger partial charge in [-0.2, -0.15) is 0 Å². The number of nitrogens with two attached hydrogens (primary N) is 1. The predicted octanol–water partition coefficient (Wildman–Crippen LogP) is 1.59. The van der Waals surface area contributed by atoms with Crippen LogP contribution in [0.1, 0.15) is 30.6 Å². The number of anilines is 1. The molecule has 1 amide bonds. The van der Waals surface area contributed by atoms with Crippen LogP contribution in [-0.4, -0.2) is 22.5 Å². The number of amides is 1. The molecule has 0 aliphatic carbocycles. The van der Waals surface area contributed by atoms with Crippen molar-refractivity contribution in [3.63, 3.8) is 0 Å². The maximum absolute atomic E-state index is 13.5. The highest BCUT2D eigenvalue weighted by molar-refractivity contribution is 5.99. The van der Waals surface area contributed by atoms with Gasteiger partial charge in [0.15, 0.2) is 0 Å². The minimum atomic E-state index is -1.29. The van der Waals surface area contributed by atoms with Gasteiger partial charge >= 0.3 is 5.97 Å². The lowest BCUT2D eigenvalue weighted by Gasteiger charge is -2.26. The average molecular weight is 254 g/mol. The van der Waals surface area contributed by atoms with Crippen LogP contribution in [0.4, 0.5) is 10.1 Å².